The van der Waals surface area contributed by atoms with Gasteiger partial charge >= 0.3 is 0 Å². The Bertz CT molecular complexity index is 662. The number of thioether (sulfide) groups is 1. The summed E-state index contributed by atoms with van der Waals surface area (Å²) in [7, 11) is 0. The highest BCUT2D eigenvalue weighted by molar-refractivity contribution is 7.99. The lowest BCUT2D eigenvalue weighted by atomic mass is 10.0. The lowest BCUT2D eigenvalue weighted by molar-refractivity contribution is -0.113. The Morgan fingerprint density at radius 3 is 2.22 bits per heavy atom. The minimum Gasteiger partial charge on any atom is -0.383 e. The number of amides is 1. The number of hydrogen-bond acceptors (Lipinski definition) is 6. The quantitative estimate of drug-likeness (QED) is 0.554. The maximum atomic E-state index is 12.2. The van der Waals surface area contributed by atoms with Crippen LogP contribution in [0.15, 0.2) is 29.4 Å². The van der Waals surface area contributed by atoms with Crippen LogP contribution >= 0.6 is 11.8 Å². The molecule has 2 aromatic rings. The van der Waals surface area contributed by atoms with Gasteiger partial charge in [-0.2, -0.15) is 0 Å². The molecule has 0 unspecified atom stereocenters. The number of carbonyl (C=O) groups is 1. The number of carbonyl (C=O) groups excluding carboxylic acids is 1. The van der Waals surface area contributed by atoms with Crippen molar-refractivity contribution in [2.75, 3.05) is 22.5 Å². The van der Waals surface area contributed by atoms with E-state index in [1.54, 1.807) is 0 Å². The second kappa shape index (κ2) is 7.82. The van der Waals surface area contributed by atoms with Gasteiger partial charge in [-0.15, -0.1) is 0 Å². The molecular formula is C16H21N5OS. The molecule has 0 radical (unpaired) electrons. The van der Waals surface area contributed by atoms with E-state index in [1.807, 2.05) is 18.2 Å². The molecule has 1 heterocycles. The Balaban J connectivity index is 2.05. The average Bonchev–Trinajstić information content (AvgIpc) is 2.52. The molecule has 1 amide bonds. The van der Waals surface area contributed by atoms with Crippen LogP contribution in [0, 0.1) is 0 Å². The molecule has 122 valence electrons. The number of para-hydroxylation sites is 1. The van der Waals surface area contributed by atoms with Crippen LogP contribution in [0.5, 0.6) is 0 Å². The summed E-state index contributed by atoms with van der Waals surface area (Å²) in [5, 5.41) is 3.40. The molecule has 0 spiro atoms. The van der Waals surface area contributed by atoms with Crippen LogP contribution in [-0.2, 0) is 17.6 Å². The van der Waals surface area contributed by atoms with Crippen molar-refractivity contribution in [3.8, 4) is 0 Å². The highest BCUT2D eigenvalue weighted by Crippen LogP contribution is 2.23. The van der Waals surface area contributed by atoms with Crippen molar-refractivity contribution in [2.24, 2.45) is 0 Å². The third kappa shape index (κ3) is 4.59. The number of aryl methyl sites for hydroxylation is 2. The van der Waals surface area contributed by atoms with Crippen LogP contribution in [0.25, 0.3) is 0 Å². The summed E-state index contributed by atoms with van der Waals surface area (Å²) in [4.78, 5) is 20.3. The number of anilines is 3. The van der Waals surface area contributed by atoms with E-state index in [4.69, 9.17) is 11.5 Å². The zero-order chi connectivity index (χ0) is 16.8. The van der Waals surface area contributed by atoms with E-state index in [2.05, 4.69) is 29.1 Å². The molecule has 1 aromatic carbocycles. The van der Waals surface area contributed by atoms with Crippen molar-refractivity contribution in [3.05, 3.63) is 35.4 Å². The minimum atomic E-state index is -0.102. The van der Waals surface area contributed by atoms with E-state index in [0.29, 0.717) is 16.8 Å². The van der Waals surface area contributed by atoms with Gasteiger partial charge < -0.3 is 16.8 Å². The Kier molecular flexibility index (Phi) is 5.81. The fraction of sp³-hybridized carbons (Fsp3) is 0.312. The summed E-state index contributed by atoms with van der Waals surface area (Å²) in [5.74, 6) is 0.689. The molecule has 5 N–H and O–H groups in total. The fourth-order valence-corrected chi connectivity index (χ4v) is 2.91. The van der Waals surface area contributed by atoms with Gasteiger partial charge in [0, 0.05) is 11.8 Å². The summed E-state index contributed by atoms with van der Waals surface area (Å²) in [5.41, 5.74) is 14.4. The smallest absolute Gasteiger partial charge is 0.234 e. The van der Waals surface area contributed by atoms with Crippen LogP contribution in [-0.4, -0.2) is 21.6 Å². The predicted molar refractivity (Wildman–Crippen MR) is 95.4 cm³/mol. The van der Waals surface area contributed by atoms with E-state index in [9.17, 15) is 4.79 Å². The Labute approximate surface area is 140 Å². The lowest BCUT2D eigenvalue weighted by Gasteiger charge is -2.14. The number of hydrogen-bond donors (Lipinski definition) is 3. The lowest BCUT2D eigenvalue weighted by Crippen LogP contribution is -2.17. The molecule has 1 aromatic heterocycles. The zero-order valence-electron chi connectivity index (χ0n) is 13.3. The molecule has 2 rings (SSSR count). The molecule has 0 aliphatic heterocycles. The monoisotopic (exact) mass is 331 g/mol. The van der Waals surface area contributed by atoms with Crippen LogP contribution in [0.2, 0.25) is 0 Å². The topological polar surface area (TPSA) is 107 Å². The predicted octanol–water partition coefficient (Wildman–Crippen LogP) is 2.50. The van der Waals surface area contributed by atoms with Crippen molar-refractivity contribution in [2.45, 2.75) is 31.8 Å². The molecule has 6 nitrogen and oxygen atoms in total. The Morgan fingerprint density at radius 2 is 1.70 bits per heavy atom. The van der Waals surface area contributed by atoms with Crippen LogP contribution < -0.4 is 16.8 Å². The van der Waals surface area contributed by atoms with Gasteiger partial charge in [0.25, 0.3) is 0 Å². The van der Waals surface area contributed by atoms with Gasteiger partial charge in [-0.1, -0.05) is 43.8 Å². The Hall–Kier alpha value is -2.28. The fourth-order valence-electron chi connectivity index (χ4n) is 2.24. The van der Waals surface area contributed by atoms with Gasteiger partial charge in [0.15, 0.2) is 5.16 Å². The van der Waals surface area contributed by atoms with Crippen molar-refractivity contribution in [3.63, 3.8) is 0 Å². The van der Waals surface area contributed by atoms with Crippen molar-refractivity contribution in [1.29, 1.82) is 0 Å². The molecule has 23 heavy (non-hydrogen) atoms. The maximum absolute atomic E-state index is 12.2. The summed E-state index contributed by atoms with van der Waals surface area (Å²) in [6.45, 7) is 4.14. The molecule has 0 saturated carbocycles. The van der Waals surface area contributed by atoms with E-state index < -0.39 is 0 Å². The van der Waals surface area contributed by atoms with Crippen LogP contribution in [0.1, 0.15) is 25.0 Å². The van der Waals surface area contributed by atoms with Crippen LogP contribution in [0.3, 0.4) is 0 Å². The first-order chi connectivity index (χ1) is 11.0. The van der Waals surface area contributed by atoms with Crippen LogP contribution in [0.4, 0.5) is 17.3 Å². The van der Waals surface area contributed by atoms with Gasteiger partial charge in [-0.25, -0.2) is 9.97 Å². The van der Waals surface area contributed by atoms with E-state index in [1.165, 1.54) is 17.8 Å². The van der Waals surface area contributed by atoms with Crippen molar-refractivity contribution in [1.82, 2.24) is 9.97 Å². The van der Waals surface area contributed by atoms with Gasteiger partial charge in [0.1, 0.15) is 11.6 Å². The molecule has 0 aliphatic rings. The SMILES string of the molecule is CCc1cccc(CC)c1NC(=O)CSc1nc(N)cc(N)n1. The largest absolute Gasteiger partial charge is 0.383 e. The Morgan fingerprint density at radius 1 is 1.13 bits per heavy atom. The van der Waals surface area contributed by atoms with E-state index in [0.717, 1.165) is 29.7 Å². The molecule has 0 fully saturated rings. The number of aromatic nitrogens is 2. The third-order valence-electron chi connectivity index (χ3n) is 3.34. The molecule has 0 bridgehead atoms. The van der Waals surface area contributed by atoms with Gasteiger partial charge in [-0.05, 0) is 24.0 Å². The van der Waals surface area contributed by atoms with E-state index in [-0.39, 0.29) is 11.7 Å². The summed E-state index contributed by atoms with van der Waals surface area (Å²) in [6, 6.07) is 7.56. The number of nitrogen functional groups attached to an aromatic ring is 2. The first kappa shape index (κ1) is 17.1. The number of nitrogens with zero attached hydrogens (tertiary/aromatic N) is 2. The molecule has 7 heteroatoms. The highest BCUT2D eigenvalue weighted by Gasteiger charge is 2.11. The highest BCUT2D eigenvalue weighted by atomic mass is 32.2. The number of nitrogens with two attached hydrogens (primary N) is 2. The first-order valence-electron chi connectivity index (χ1n) is 7.46. The molecule has 0 atom stereocenters. The molecule has 0 saturated heterocycles. The normalized spacial score (nSPS) is 10.5. The third-order valence-corrected chi connectivity index (χ3v) is 4.19. The second-order valence-corrected chi connectivity index (χ2v) is 5.94. The number of nitrogens with one attached hydrogen (secondary N) is 1. The first-order valence-corrected chi connectivity index (χ1v) is 8.45. The van der Waals surface area contributed by atoms with Gasteiger partial charge in [0.2, 0.25) is 5.91 Å². The minimum absolute atomic E-state index is 0.102. The van der Waals surface area contributed by atoms with Crippen molar-refractivity contribution < 1.29 is 4.79 Å². The summed E-state index contributed by atoms with van der Waals surface area (Å²) >= 11 is 1.21. The summed E-state index contributed by atoms with van der Waals surface area (Å²) in [6.07, 6.45) is 1.73. The van der Waals surface area contributed by atoms with E-state index >= 15 is 0 Å². The second-order valence-electron chi connectivity index (χ2n) is 5.00. The van der Waals surface area contributed by atoms with Gasteiger partial charge in [0.05, 0.1) is 5.75 Å². The summed E-state index contributed by atoms with van der Waals surface area (Å²) < 4.78 is 0. The number of benzene rings is 1. The molecule has 0 aliphatic carbocycles. The van der Waals surface area contributed by atoms with Gasteiger partial charge in [-0.3, -0.25) is 4.79 Å². The molecular weight excluding hydrogens is 310 g/mol. The maximum Gasteiger partial charge on any atom is 0.234 e. The van der Waals surface area contributed by atoms with Crippen molar-refractivity contribution >= 4 is 35.0 Å². The average molecular weight is 331 g/mol. The number of rotatable bonds is 6. The zero-order valence-corrected chi connectivity index (χ0v) is 14.1. The standard InChI is InChI=1S/C16H21N5OS/c1-3-10-6-5-7-11(4-2)15(10)21-14(22)9-23-16-19-12(17)8-13(18)20-16/h5-8H,3-4,9H2,1-2H3,(H,21,22)(H4,17,18,19,20).